The Morgan fingerprint density at radius 3 is 2.53 bits per heavy atom. The summed E-state index contributed by atoms with van der Waals surface area (Å²) in [7, 11) is 0. The summed E-state index contributed by atoms with van der Waals surface area (Å²) in [6, 6.07) is 8.04. The van der Waals surface area contributed by atoms with Gasteiger partial charge in [-0.3, -0.25) is 0 Å². The predicted molar refractivity (Wildman–Crippen MR) is 59.8 cm³/mol. The average Bonchev–Trinajstić information content (AvgIpc) is 2.18. The summed E-state index contributed by atoms with van der Waals surface area (Å²) in [4.78, 5) is 11.2. The number of carbonyl (C=O) groups is 1. The largest absolute Gasteiger partial charge is 0.450 e. The van der Waals surface area contributed by atoms with Gasteiger partial charge in [-0.05, 0) is 26.3 Å². The van der Waals surface area contributed by atoms with E-state index in [2.05, 4.69) is 5.32 Å². The second kappa shape index (κ2) is 5.39. The van der Waals surface area contributed by atoms with Gasteiger partial charge in [-0.15, -0.1) is 0 Å². The maximum absolute atomic E-state index is 11.2. The quantitative estimate of drug-likeness (QED) is 0.827. The van der Waals surface area contributed by atoms with Crippen molar-refractivity contribution in [1.82, 2.24) is 5.32 Å². The molecule has 1 rings (SSSR count). The zero-order valence-corrected chi connectivity index (χ0v) is 9.41. The highest BCUT2D eigenvalue weighted by Crippen LogP contribution is 2.12. The van der Waals surface area contributed by atoms with Crippen LogP contribution in [0.25, 0.3) is 0 Å². The van der Waals surface area contributed by atoms with Crippen molar-refractivity contribution < 1.29 is 9.53 Å². The van der Waals surface area contributed by atoms with Crippen LogP contribution in [0.3, 0.4) is 0 Å². The van der Waals surface area contributed by atoms with Crippen LogP contribution in [0.1, 0.15) is 31.0 Å². The maximum Gasteiger partial charge on any atom is 0.407 e. The average molecular weight is 207 g/mol. The smallest absolute Gasteiger partial charge is 0.407 e. The highest BCUT2D eigenvalue weighted by molar-refractivity contribution is 5.67. The van der Waals surface area contributed by atoms with Crippen LogP contribution in [0, 0.1) is 6.92 Å². The van der Waals surface area contributed by atoms with Crippen LogP contribution >= 0.6 is 0 Å². The third-order valence-electron chi connectivity index (χ3n) is 2.19. The standard InChI is InChI=1S/C12H17NO2/c1-4-15-12(14)13-10(3)11-7-5-9(2)6-8-11/h5-8,10H,4H2,1-3H3,(H,13,14). The molecular formula is C12H17NO2. The Balaban J connectivity index is 2.57. The number of ether oxygens (including phenoxy) is 1. The van der Waals surface area contributed by atoms with Gasteiger partial charge in [0.2, 0.25) is 0 Å². The van der Waals surface area contributed by atoms with Crippen LogP contribution in [-0.2, 0) is 4.74 Å². The lowest BCUT2D eigenvalue weighted by atomic mass is 10.1. The third kappa shape index (κ3) is 3.62. The molecule has 1 unspecified atom stereocenters. The van der Waals surface area contributed by atoms with Crippen molar-refractivity contribution in [2.45, 2.75) is 26.8 Å². The van der Waals surface area contributed by atoms with E-state index in [4.69, 9.17) is 4.74 Å². The minimum atomic E-state index is -0.370. The summed E-state index contributed by atoms with van der Waals surface area (Å²) < 4.78 is 4.81. The molecule has 0 bridgehead atoms. The zero-order valence-electron chi connectivity index (χ0n) is 9.41. The van der Waals surface area contributed by atoms with Crippen LogP contribution in [0.2, 0.25) is 0 Å². The molecule has 3 heteroatoms. The normalized spacial score (nSPS) is 11.9. The summed E-state index contributed by atoms with van der Waals surface area (Å²) in [6.07, 6.45) is -0.370. The van der Waals surface area contributed by atoms with E-state index >= 15 is 0 Å². The Hall–Kier alpha value is -1.51. The highest BCUT2D eigenvalue weighted by Gasteiger charge is 2.08. The zero-order chi connectivity index (χ0) is 11.3. The summed E-state index contributed by atoms with van der Waals surface area (Å²) in [6.45, 7) is 6.15. The molecule has 1 N–H and O–H groups in total. The van der Waals surface area contributed by atoms with Crippen molar-refractivity contribution in [2.24, 2.45) is 0 Å². The molecule has 0 aliphatic carbocycles. The first kappa shape index (κ1) is 11.6. The molecule has 82 valence electrons. The number of amides is 1. The van der Waals surface area contributed by atoms with Crippen LogP contribution in [-0.4, -0.2) is 12.7 Å². The molecule has 1 aromatic rings. The van der Waals surface area contributed by atoms with E-state index in [1.165, 1.54) is 5.56 Å². The van der Waals surface area contributed by atoms with Gasteiger partial charge >= 0.3 is 6.09 Å². The molecule has 15 heavy (non-hydrogen) atoms. The molecule has 0 radical (unpaired) electrons. The lowest BCUT2D eigenvalue weighted by Crippen LogP contribution is -2.27. The lowest BCUT2D eigenvalue weighted by molar-refractivity contribution is 0.149. The third-order valence-corrected chi connectivity index (χ3v) is 2.19. The summed E-state index contributed by atoms with van der Waals surface area (Å²) in [5.41, 5.74) is 2.29. The first-order valence-corrected chi connectivity index (χ1v) is 5.13. The number of hydrogen-bond acceptors (Lipinski definition) is 2. The Morgan fingerprint density at radius 1 is 1.40 bits per heavy atom. The molecule has 0 saturated carbocycles. The van der Waals surface area contributed by atoms with E-state index < -0.39 is 0 Å². The van der Waals surface area contributed by atoms with Gasteiger partial charge in [0.05, 0.1) is 12.6 Å². The monoisotopic (exact) mass is 207 g/mol. The van der Waals surface area contributed by atoms with Gasteiger partial charge in [0.15, 0.2) is 0 Å². The second-order valence-corrected chi connectivity index (χ2v) is 3.50. The van der Waals surface area contributed by atoms with Crippen molar-refractivity contribution in [2.75, 3.05) is 6.61 Å². The van der Waals surface area contributed by atoms with E-state index in [1.54, 1.807) is 6.92 Å². The fourth-order valence-corrected chi connectivity index (χ4v) is 1.29. The van der Waals surface area contributed by atoms with Gasteiger partial charge in [-0.25, -0.2) is 4.79 Å². The second-order valence-electron chi connectivity index (χ2n) is 3.50. The Morgan fingerprint density at radius 2 is 2.00 bits per heavy atom. The van der Waals surface area contributed by atoms with E-state index in [-0.39, 0.29) is 12.1 Å². The minimum Gasteiger partial charge on any atom is -0.450 e. The molecule has 0 aliphatic rings. The first-order chi connectivity index (χ1) is 7.13. The number of carbonyl (C=O) groups excluding carboxylic acids is 1. The van der Waals surface area contributed by atoms with Crippen LogP contribution in [0.4, 0.5) is 4.79 Å². The number of nitrogens with one attached hydrogen (secondary N) is 1. The summed E-state index contributed by atoms with van der Waals surface area (Å²) >= 11 is 0. The molecule has 0 saturated heterocycles. The summed E-state index contributed by atoms with van der Waals surface area (Å²) in [5.74, 6) is 0. The van der Waals surface area contributed by atoms with Crippen molar-refractivity contribution >= 4 is 6.09 Å². The van der Waals surface area contributed by atoms with Crippen LogP contribution in [0.5, 0.6) is 0 Å². The number of alkyl carbamates (subject to hydrolysis) is 1. The number of hydrogen-bond donors (Lipinski definition) is 1. The van der Waals surface area contributed by atoms with E-state index in [0.717, 1.165) is 5.56 Å². The molecule has 0 heterocycles. The number of benzene rings is 1. The highest BCUT2D eigenvalue weighted by atomic mass is 16.5. The van der Waals surface area contributed by atoms with Gasteiger partial charge in [0.1, 0.15) is 0 Å². The molecule has 0 aromatic heterocycles. The first-order valence-electron chi connectivity index (χ1n) is 5.13. The predicted octanol–water partition coefficient (Wildman–Crippen LogP) is 2.80. The molecule has 0 spiro atoms. The fraction of sp³-hybridized carbons (Fsp3) is 0.417. The minimum absolute atomic E-state index is 0.0235. The molecule has 3 nitrogen and oxygen atoms in total. The fourth-order valence-electron chi connectivity index (χ4n) is 1.29. The van der Waals surface area contributed by atoms with Crippen molar-refractivity contribution in [3.05, 3.63) is 35.4 Å². The van der Waals surface area contributed by atoms with Gasteiger partial charge in [-0.2, -0.15) is 0 Å². The van der Waals surface area contributed by atoms with Crippen molar-refractivity contribution in [1.29, 1.82) is 0 Å². The molecule has 1 atom stereocenters. The van der Waals surface area contributed by atoms with E-state index in [0.29, 0.717) is 6.61 Å². The van der Waals surface area contributed by atoms with Crippen LogP contribution < -0.4 is 5.32 Å². The molecular weight excluding hydrogens is 190 g/mol. The number of aryl methyl sites for hydroxylation is 1. The molecule has 0 fully saturated rings. The molecule has 1 aromatic carbocycles. The Kier molecular flexibility index (Phi) is 4.16. The topological polar surface area (TPSA) is 38.3 Å². The van der Waals surface area contributed by atoms with Gasteiger partial charge < -0.3 is 10.1 Å². The molecule has 0 aliphatic heterocycles. The van der Waals surface area contributed by atoms with Gasteiger partial charge in [0, 0.05) is 0 Å². The van der Waals surface area contributed by atoms with E-state index in [9.17, 15) is 4.79 Å². The van der Waals surface area contributed by atoms with Crippen molar-refractivity contribution in [3.8, 4) is 0 Å². The Bertz CT molecular complexity index is 319. The SMILES string of the molecule is CCOC(=O)NC(C)c1ccc(C)cc1. The van der Waals surface area contributed by atoms with Crippen molar-refractivity contribution in [3.63, 3.8) is 0 Å². The van der Waals surface area contributed by atoms with E-state index in [1.807, 2.05) is 38.1 Å². The Labute approximate surface area is 90.4 Å². The lowest BCUT2D eigenvalue weighted by Gasteiger charge is -2.13. The van der Waals surface area contributed by atoms with Gasteiger partial charge in [-0.1, -0.05) is 29.8 Å². The summed E-state index contributed by atoms with van der Waals surface area (Å²) in [5, 5.41) is 2.76. The maximum atomic E-state index is 11.2. The number of rotatable bonds is 3. The van der Waals surface area contributed by atoms with Gasteiger partial charge in [0.25, 0.3) is 0 Å². The molecule has 1 amide bonds. The van der Waals surface area contributed by atoms with Crippen LogP contribution in [0.15, 0.2) is 24.3 Å².